The maximum absolute atomic E-state index is 13.0. The van der Waals surface area contributed by atoms with Gasteiger partial charge in [0.15, 0.2) is 23.1 Å². The number of carbonyl (C=O) groups is 1. The lowest BCUT2D eigenvalue weighted by Crippen LogP contribution is -2.15. The van der Waals surface area contributed by atoms with Crippen LogP contribution in [-0.2, 0) is 6.42 Å². The average Bonchev–Trinajstić information content (AvgIpc) is 2.77. The number of H-pyrrole nitrogens is 1. The summed E-state index contributed by atoms with van der Waals surface area (Å²) in [6.45, 7) is 1.82. The smallest absolute Gasteiger partial charge is 0.278 e. The van der Waals surface area contributed by atoms with Crippen molar-refractivity contribution >= 4 is 17.3 Å². The number of amides is 1. The molecule has 8 heteroatoms. The highest BCUT2D eigenvalue weighted by molar-refractivity contribution is 6.06. The number of aromatic nitrogens is 2. The molecular weight excluding hydrogens is 273 g/mol. The van der Waals surface area contributed by atoms with E-state index in [9.17, 15) is 18.0 Å². The van der Waals surface area contributed by atoms with E-state index in [1.54, 1.807) is 0 Å². The first-order chi connectivity index (χ1) is 9.43. The van der Waals surface area contributed by atoms with Crippen molar-refractivity contribution in [1.29, 1.82) is 0 Å². The minimum absolute atomic E-state index is 0.0907. The number of anilines is 2. The summed E-state index contributed by atoms with van der Waals surface area (Å²) in [6, 6.07) is 1.33. The molecule has 2 rings (SSSR count). The first-order valence-electron chi connectivity index (χ1n) is 5.72. The van der Waals surface area contributed by atoms with E-state index in [2.05, 4.69) is 15.5 Å². The minimum Gasteiger partial charge on any atom is -0.395 e. The van der Waals surface area contributed by atoms with Crippen molar-refractivity contribution in [3.63, 3.8) is 0 Å². The highest BCUT2D eigenvalue weighted by Crippen LogP contribution is 2.20. The van der Waals surface area contributed by atoms with Crippen LogP contribution in [0.25, 0.3) is 0 Å². The van der Waals surface area contributed by atoms with Crippen molar-refractivity contribution in [3.05, 3.63) is 41.0 Å². The molecule has 1 amide bonds. The van der Waals surface area contributed by atoms with Gasteiger partial charge in [-0.1, -0.05) is 6.92 Å². The number of aromatic amines is 1. The van der Waals surface area contributed by atoms with Crippen LogP contribution in [0.1, 0.15) is 23.1 Å². The fourth-order valence-corrected chi connectivity index (χ4v) is 1.65. The number of carbonyl (C=O) groups excluding carboxylic acids is 1. The molecule has 0 aliphatic rings. The molecule has 0 aliphatic heterocycles. The second-order valence-electron chi connectivity index (χ2n) is 4.03. The Hall–Kier alpha value is -2.51. The Morgan fingerprint density at radius 1 is 1.35 bits per heavy atom. The van der Waals surface area contributed by atoms with Gasteiger partial charge in [-0.3, -0.25) is 9.89 Å². The number of nitrogens with zero attached hydrogens (tertiary/aromatic N) is 1. The summed E-state index contributed by atoms with van der Waals surface area (Å²) < 4.78 is 38.8. The van der Waals surface area contributed by atoms with Gasteiger partial charge in [-0.25, -0.2) is 13.2 Å². The molecule has 0 bridgehead atoms. The van der Waals surface area contributed by atoms with Crippen LogP contribution in [0, 0.1) is 17.5 Å². The monoisotopic (exact) mass is 284 g/mol. The molecule has 0 saturated carbocycles. The maximum atomic E-state index is 13.0. The Balaban J connectivity index is 2.25. The molecule has 1 heterocycles. The fourth-order valence-electron chi connectivity index (χ4n) is 1.65. The molecule has 0 aliphatic carbocycles. The quantitative estimate of drug-likeness (QED) is 0.756. The highest BCUT2D eigenvalue weighted by atomic mass is 19.2. The number of nitrogens with one attached hydrogen (secondary N) is 2. The number of rotatable bonds is 3. The summed E-state index contributed by atoms with van der Waals surface area (Å²) in [7, 11) is 0. The molecule has 1 aromatic carbocycles. The van der Waals surface area contributed by atoms with Gasteiger partial charge in [-0.15, -0.1) is 0 Å². The number of hydrogen-bond acceptors (Lipinski definition) is 3. The zero-order valence-corrected chi connectivity index (χ0v) is 10.4. The van der Waals surface area contributed by atoms with Gasteiger partial charge in [-0.2, -0.15) is 5.10 Å². The second-order valence-corrected chi connectivity index (χ2v) is 4.03. The zero-order valence-electron chi connectivity index (χ0n) is 10.4. The summed E-state index contributed by atoms with van der Waals surface area (Å²) in [5.74, 6) is -5.14. The van der Waals surface area contributed by atoms with E-state index < -0.39 is 23.4 Å². The Bertz CT molecular complexity index is 646. The van der Waals surface area contributed by atoms with E-state index in [0.717, 1.165) is 0 Å². The predicted molar refractivity (Wildman–Crippen MR) is 66.6 cm³/mol. The summed E-state index contributed by atoms with van der Waals surface area (Å²) in [5.41, 5.74) is 6.10. The molecule has 0 radical (unpaired) electrons. The molecular formula is C12H11F3N4O. The van der Waals surface area contributed by atoms with Crippen molar-refractivity contribution in [2.75, 3.05) is 11.1 Å². The van der Waals surface area contributed by atoms with Crippen molar-refractivity contribution < 1.29 is 18.0 Å². The van der Waals surface area contributed by atoms with Gasteiger partial charge in [0, 0.05) is 17.8 Å². The second kappa shape index (κ2) is 5.24. The maximum Gasteiger partial charge on any atom is 0.278 e. The molecule has 0 saturated heterocycles. The normalized spacial score (nSPS) is 10.6. The summed E-state index contributed by atoms with van der Waals surface area (Å²) in [5, 5.41) is 8.50. The third-order valence-electron chi connectivity index (χ3n) is 2.69. The van der Waals surface area contributed by atoms with Crippen LogP contribution in [0.3, 0.4) is 0 Å². The predicted octanol–water partition coefficient (Wildman–Crippen LogP) is 2.22. The Morgan fingerprint density at radius 3 is 2.45 bits per heavy atom. The van der Waals surface area contributed by atoms with Crippen LogP contribution in [0.5, 0.6) is 0 Å². The largest absolute Gasteiger partial charge is 0.395 e. The first-order valence-corrected chi connectivity index (χ1v) is 5.72. The SMILES string of the molecule is CCc1[nH]nc(C(=O)Nc2cc(F)c(F)c(F)c2)c1N. The Labute approximate surface area is 112 Å². The Kier molecular flexibility index (Phi) is 3.64. The lowest BCUT2D eigenvalue weighted by molar-refractivity contribution is 0.102. The molecule has 4 N–H and O–H groups in total. The fraction of sp³-hybridized carbons (Fsp3) is 0.167. The lowest BCUT2D eigenvalue weighted by atomic mass is 10.2. The van der Waals surface area contributed by atoms with Crippen molar-refractivity contribution in [2.45, 2.75) is 13.3 Å². The lowest BCUT2D eigenvalue weighted by Gasteiger charge is -2.05. The number of nitrogens with two attached hydrogens (primary N) is 1. The highest BCUT2D eigenvalue weighted by Gasteiger charge is 2.18. The molecule has 5 nitrogen and oxygen atoms in total. The van der Waals surface area contributed by atoms with E-state index in [1.807, 2.05) is 6.92 Å². The van der Waals surface area contributed by atoms with Crippen molar-refractivity contribution in [2.24, 2.45) is 0 Å². The number of benzene rings is 1. The number of aryl methyl sites for hydroxylation is 1. The van der Waals surface area contributed by atoms with Gasteiger partial charge in [0.1, 0.15) is 0 Å². The third-order valence-corrected chi connectivity index (χ3v) is 2.69. The molecule has 20 heavy (non-hydrogen) atoms. The van der Waals surface area contributed by atoms with Crippen LogP contribution in [0.4, 0.5) is 24.5 Å². The van der Waals surface area contributed by atoms with Crippen LogP contribution >= 0.6 is 0 Å². The van der Waals surface area contributed by atoms with E-state index in [-0.39, 0.29) is 17.1 Å². The standard InChI is InChI=1S/C12H11F3N4O/c1-2-8-10(16)11(19-18-8)12(20)17-5-3-6(13)9(15)7(14)4-5/h3-4H,2,16H2,1H3,(H,17,20)(H,18,19). The van der Waals surface area contributed by atoms with E-state index in [4.69, 9.17) is 5.73 Å². The van der Waals surface area contributed by atoms with Gasteiger partial charge >= 0.3 is 0 Å². The number of halogens is 3. The molecule has 0 fully saturated rings. The van der Waals surface area contributed by atoms with Crippen LogP contribution < -0.4 is 11.1 Å². The van der Waals surface area contributed by atoms with Crippen LogP contribution in [0.15, 0.2) is 12.1 Å². The Morgan fingerprint density at radius 2 is 1.95 bits per heavy atom. The molecule has 106 valence electrons. The summed E-state index contributed by atoms with van der Waals surface area (Å²) >= 11 is 0. The van der Waals surface area contributed by atoms with Crippen molar-refractivity contribution in [3.8, 4) is 0 Å². The first kappa shape index (κ1) is 13.9. The topological polar surface area (TPSA) is 83.8 Å². The van der Waals surface area contributed by atoms with Gasteiger partial charge in [0.2, 0.25) is 0 Å². The zero-order chi connectivity index (χ0) is 14.9. The van der Waals surface area contributed by atoms with Crippen LogP contribution in [-0.4, -0.2) is 16.1 Å². The minimum atomic E-state index is -1.60. The third kappa shape index (κ3) is 2.44. The van der Waals surface area contributed by atoms with Crippen LogP contribution in [0.2, 0.25) is 0 Å². The van der Waals surface area contributed by atoms with Gasteiger partial charge in [0.25, 0.3) is 5.91 Å². The molecule has 0 spiro atoms. The van der Waals surface area contributed by atoms with E-state index in [0.29, 0.717) is 24.2 Å². The molecule has 0 atom stereocenters. The van der Waals surface area contributed by atoms with Gasteiger partial charge in [-0.05, 0) is 6.42 Å². The molecule has 1 aromatic heterocycles. The van der Waals surface area contributed by atoms with Gasteiger partial charge in [0.05, 0.1) is 11.4 Å². The summed E-state index contributed by atoms with van der Waals surface area (Å²) in [4.78, 5) is 11.9. The molecule has 0 unspecified atom stereocenters. The number of nitrogen functional groups attached to an aromatic ring is 1. The van der Waals surface area contributed by atoms with Gasteiger partial charge < -0.3 is 11.1 Å². The van der Waals surface area contributed by atoms with E-state index >= 15 is 0 Å². The summed E-state index contributed by atoms with van der Waals surface area (Å²) in [6.07, 6.45) is 0.548. The van der Waals surface area contributed by atoms with E-state index in [1.165, 1.54) is 0 Å². The molecule has 2 aromatic rings. The van der Waals surface area contributed by atoms with Crippen molar-refractivity contribution in [1.82, 2.24) is 10.2 Å². The average molecular weight is 284 g/mol. The number of hydrogen-bond donors (Lipinski definition) is 3.